The first-order valence-electron chi connectivity index (χ1n) is 8.64. The summed E-state index contributed by atoms with van der Waals surface area (Å²) in [6, 6.07) is 11.1. The van der Waals surface area contributed by atoms with Crippen molar-refractivity contribution in [3.05, 3.63) is 35.9 Å². The highest BCUT2D eigenvalue weighted by Gasteiger charge is 2.27. The van der Waals surface area contributed by atoms with Gasteiger partial charge in [-0.05, 0) is 25.3 Å². The number of ether oxygens (including phenoxy) is 1. The van der Waals surface area contributed by atoms with Crippen LogP contribution in [0, 0.1) is 0 Å². The average molecular weight is 317 g/mol. The second kappa shape index (κ2) is 7.90. The molecule has 0 aliphatic carbocycles. The number of hydrogen-bond acceptors (Lipinski definition) is 4. The fraction of sp³-hybridized carbons (Fsp3) is 0.611. The summed E-state index contributed by atoms with van der Waals surface area (Å²) in [4.78, 5) is 14.7. The number of nitrogens with zero attached hydrogens (tertiary/aromatic N) is 1. The standard InChI is InChI=1S/C18H27N3O2/c1-14(15-5-3-2-4-6-15)21-10-7-16(8-11-21)20-18(22)17-13-23-12-9-19-17/h2-6,14,16-17,19H,7-13H2,1H3,(H,20,22). The summed E-state index contributed by atoms with van der Waals surface area (Å²) in [6.45, 7) is 6.24. The van der Waals surface area contributed by atoms with Crippen LogP contribution in [0.3, 0.4) is 0 Å². The number of carbonyl (C=O) groups is 1. The maximum absolute atomic E-state index is 12.2. The lowest BCUT2D eigenvalue weighted by molar-refractivity contribution is -0.127. The van der Waals surface area contributed by atoms with Gasteiger partial charge in [0.15, 0.2) is 0 Å². The smallest absolute Gasteiger partial charge is 0.239 e. The van der Waals surface area contributed by atoms with Crippen molar-refractivity contribution in [3.8, 4) is 0 Å². The highest BCUT2D eigenvalue weighted by atomic mass is 16.5. The Hall–Kier alpha value is -1.43. The molecule has 2 aliphatic heterocycles. The van der Waals surface area contributed by atoms with Gasteiger partial charge in [-0.3, -0.25) is 9.69 Å². The number of hydrogen-bond donors (Lipinski definition) is 2. The number of rotatable bonds is 4. The van der Waals surface area contributed by atoms with Crippen LogP contribution in [-0.4, -0.2) is 55.7 Å². The Bertz CT molecular complexity index is 494. The Kier molecular flexibility index (Phi) is 5.65. The van der Waals surface area contributed by atoms with Gasteiger partial charge < -0.3 is 15.4 Å². The van der Waals surface area contributed by atoms with Gasteiger partial charge in [0.2, 0.25) is 5.91 Å². The SMILES string of the molecule is CC(c1ccccc1)N1CCC(NC(=O)C2COCCN2)CC1. The lowest BCUT2D eigenvalue weighted by Gasteiger charge is -2.37. The van der Waals surface area contributed by atoms with Crippen LogP contribution in [0.4, 0.5) is 0 Å². The lowest BCUT2D eigenvalue weighted by Crippen LogP contribution is -2.55. The lowest BCUT2D eigenvalue weighted by atomic mass is 10.00. The fourth-order valence-corrected chi connectivity index (χ4v) is 3.41. The van der Waals surface area contributed by atoms with E-state index in [0.717, 1.165) is 32.5 Å². The molecule has 1 aromatic carbocycles. The van der Waals surface area contributed by atoms with Crippen molar-refractivity contribution in [3.63, 3.8) is 0 Å². The summed E-state index contributed by atoms with van der Waals surface area (Å²) in [7, 11) is 0. The summed E-state index contributed by atoms with van der Waals surface area (Å²) in [5, 5.41) is 6.39. The topological polar surface area (TPSA) is 53.6 Å². The minimum absolute atomic E-state index is 0.0826. The van der Waals surface area contributed by atoms with Crippen molar-refractivity contribution < 1.29 is 9.53 Å². The van der Waals surface area contributed by atoms with E-state index in [-0.39, 0.29) is 18.0 Å². The molecule has 5 heteroatoms. The number of likely N-dealkylation sites (tertiary alicyclic amines) is 1. The van der Waals surface area contributed by atoms with Crippen LogP contribution in [0.2, 0.25) is 0 Å². The molecule has 23 heavy (non-hydrogen) atoms. The zero-order chi connectivity index (χ0) is 16.1. The van der Waals surface area contributed by atoms with Gasteiger partial charge >= 0.3 is 0 Å². The minimum atomic E-state index is -0.190. The van der Waals surface area contributed by atoms with Gasteiger partial charge in [0.25, 0.3) is 0 Å². The summed E-state index contributed by atoms with van der Waals surface area (Å²) in [5.41, 5.74) is 1.36. The van der Waals surface area contributed by atoms with Crippen LogP contribution in [0.1, 0.15) is 31.4 Å². The predicted molar refractivity (Wildman–Crippen MR) is 90.2 cm³/mol. The number of morpholine rings is 1. The molecule has 126 valence electrons. The number of piperidine rings is 1. The molecular weight excluding hydrogens is 290 g/mol. The van der Waals surface area contributed by atoms with Gasteiger partial charge in [0, 0.05) is 31.7 Å². The van der Waals surface area contributed by atoms with E-state index in [0.29, 0.717) is 19.3 Å². The summed E-state index contributed by atoms with van der Waals surface area (Å²) in [6.07, 6.45) is 2.02. The molecule has 2 atom stereocenters. The Morgan fingerprint density at radius 3 is 2.70 bits per heavy atom. The molecule has 2 heterocycles. The molecule has 0 spiro atoms. The van der Waals surface area contributed by atoms with Gasteiger partial charge in [-0.25, -0.2) is 0 Å². The first kappa shape index (κ1) is 16.4. The van der Waals surface area contributed by atoms with E-state index in [4.69, 9.17) is 4.74 Å². The van der Waals surface area contributed by atoms with E-state index < -0.39 is 0 Å². The van der Waals surface area contributed by atoms with Crippen molar-refractivity contribution in [2.45, 2.75) is 37.9 Å². The van der Waals surface area contributed by atoms with Crippen molar-refractivity contribution in [2.75, 3.05) is 32.8 Å². The van der Waals surface area contributed by atoms with E-state index >= 15 is 0 Å². The van der Waals surface area contributed by atoms with Gasteiger partial charge in [0.1, 0.15) is 6.04 Å². The monoisotopic (exact) mass is 317 g/mol. The second-order valence-corrected chi connectivity index (χ2v) is 6.49. The Morgan fingerprint density at radius 2 is 2.04 bits per heavy atom. The summed E-state index contributed by atoms with van der Waals surface area (Å²) in [5.74, 6) is 0.0826. The molecule has 0 bridgehead atoms. The van der Waals surface area contributed by atoms with E-state index in [1.54, 1.807) is 0 Å². The predicted octanol–water partition coefficient (Wildman–Crippen LogP) is 1.32. The number of carbonyl (C=O) groups excluding carboxylic acids is 1. The molecule has 0 radical (unpaired) electrons. The van der Waals surface area contributed by atoms with Crippen LogP contribution >= 0.6 is 0 Å². The van der Waals surface area contributed by atoms with Crippen LogP contribution < -0.4 is 10.6 Å². The third-order valence-corrected chi connectivity index (χ3v) is 4.94. The molecule has 2 unspecified atom stereocenters. The zero-order valence-corrected chi connectivity index (χ0v) is 13.8. The molecule has 2 N–H and O–H groups in total. The molecule has 0 aromatic heterocycles. The maximum atomic E-state index is 12.2. The Balaban J connectivity index is 1.45. The summed E-state index contributed by atoms with van der Waals surface area (Å²) >= 11 is 0. The van der Waals surface area contributed by atoms with Crippen LogP contribution in [0.25, 0.3) is 0 Å². The normalized spacial score (nSPS) is 25.0. The van der Waals surface area contributed by atoms with Gasteiger partial charge in [-0.1, -0.05) is 30.3 Å². The van der Waals surface area contributed by atoms with E-state index in [9.17, 15) is 4.79 Å². The largest absolute Gasteiger partial charge is 0.378 e. The molecule has 2 saturated heterocycles. The van der Waals surface area contributed by atoms with Crippen LogP contribution in [0.5, 0.6) is 0 Å². The van der Waals surface area contributed by atoms with Gasteiger partial charge in [-0.2, -0.15) is 0 Å². The van der Waals surface area contributed by atoms with Crippen LogP contribution in [0.15, 0.2) is 30.3 Å². The maximum Gasteiger partial charge on any atom is 0.239 e. The molecule has 2 aliphatic rings. The van der Waals surface area contributed by atoms with Crippen molar-refractivity contribution >= 4 is 5.91 Å². The molecule has 1 amide bonds. The van der Waals surface area contributed by atoms with Gasteiger partial charge in [-0.15, -0.1) is 0 Å². The first-order valence-corrected chi connectivity index (χ1v) is 8.64. The first-order chi connectivity index (χ1) is 11.2. The van der Waals surface area contributed by atoms with E-state index in [1.807, 2.05) is 0 Å². The highest BCUT2D eigenvalue weighted by Crippen LogP contribution is 2.24. The second-order valence-electron chi connectivity index (χ2n) is 6.49. The van der Waals surface area contributed by atoms with Gasteiger partial charge in [0.05, 0.1) is 13.2 Å². The molecule has 5 nitrogen and oxygen atoms in total. The average Bonchev–Trinajstić information content (AvgIpc) is 2.63. The number of nitrogens with one attached hydrogen (secondary N) is 2. The fourth-order valence-electron chi connectivity index (χ4n) is 3.41. The molecular formula is C18H27N3O2. The minimum Gasteiger partial charge on any atom is -0.378 e. The molecule has 0 saturated carbocycles. The Labute approximate surface area is 138 Å². The summed E-state index contributed by atoms with van der Waals surface area (Å²) < 4.78 is 5.36. The number of amides is 1. The molecule has 3 rings (SSSR count). The number of benzene rings is 1. The van der Waals surface area contributed by atoms with E-state index in [2.05, 4.69) is 52.8 Å². The van der Waals surface area contributed by atoms with Crippen molar-refractivity contribution in [2.24, 2.45) is 0 Å². The van der Waals surface area contributed by atoms with Crippen molar-refractivity contribution in [1.29, 1.82) is 0 Å². The highest BCUT2D eigenvalue weighted by molar-refractivity contribution is 5.82. The zero-order valence-electron chi connectivity index (χ0n) is 13.8. The van der Waals surface area contributed by atoms with Crippen molar-refractivity contribution in [1.82, 2.24) is 15.5 Å². The third-order valence-electron chi connectivity index (χ3n) is 4.94. The van der Waals surface area contributed by atoms with E-state index in [1.165, 1.54) is 5.56 Å². The van der Waals surface area contributed by atoms with Crippen LogP contribution in [-0.2, 0) is 9.53 Å². The Morgan fingerprint density at radius 1 is 1.30 bits per heavy atom. The third kappa shape index (κ3) is 4.31. The molecule has 2 fully saturated rings. The quantitative estimate of drug-likeness (QED) is 0.879. The molecule has 1 aromatic rings.